The molecule has 1 saturated heterocycles. The number of benzene rings is 1. The first kappa shape index (κ1) is 25.1. The van der Waals surface area contributed by atoms with Crippen LogP contribution in [-0.4, -0.2) is 82.4 Å². The Hall–Kier alpha value is -0.900. The number of methoxy groups -OCH3 is 1. The van der Waals surface area contributed by atoms with Crippen molar-refractivity contribution < 1.29 is 9.47 Å². The third-order valence-electron chi connectivity index (χ3n) is 4.89. The molecule has 0 aliphatic carbocycles. The molecule has 1 aromatic rings. The maximum Gasteiger partial charge on any atom is 0.194 e. The molecule has 28 heavy (non-hydrogen) atoms. The van der Waals surface area contributed by atoms with Crippen molar-refractivity contribution in [1.29, 1.82) is 0 Å². The van der Waals surface area contributed by atoms with E-state index in [1.54, 1.807) is 7.11 Å². The van der Waals surface area contributed by atoms with Gasteiger partial charge in [-0.1, -0.05) is 23.8 Å². The first-order valence-corrected chi connectivity index (χ1v) is 9.94. The molecule has 7 heteroatoms. The number of nitrogens with zero attached hydrogens (tertiary/aromatic N) is 3. The smallest absolute Gasteiger partial charge is 0.194 e. The summed E-state index contributed by atoms with van der Waals surface area (Å²) in [6.45, 7) is 13.1. The number of rotatable bonds is 8. The average molecular weight is 504 g/mol. The van der Waals surface area contributed by atoms with E-state index in [9.17, 15) is 0 Å². The number of morpholine rings is 1. The van der Waals surface area contributed by atoms with Gasteiger partial charge < -0.3 is 24.6 Å². The highest BCUT2D eigenvalue weighted by atomic mass is 127. The number of nitrogens with one attached hydrogen (secondary N) is 1. The van der Waals surface area contributed by atoms with Crippen molar-refractivity contribution in [3.05, 3.63) is 34.9 Å². The van der Waals surface area contributed by atoms with Gasteiger partial charge >= 0.3 is 0 Å². The van der Waals surface area contributed by atoms with E-state index in [1.165, 1.54) is 16.7 Å². The van der Waals surface area contributed by atoms with Crippen molar-refractivity contribution in [1.82, 2.24) is 15.1 Å². The molecule has 1 aromatic carbocycles. The molecule has 1 aliphatic heterocycles. The number of likely N-dealkylation sites (N-methyl/N-ethyl adjacent to an activating group) is 1. The largest absolute Gasteiger partial charge is 0.383 e. The summed E-state index contributed by atoms with van der Waals surface area (Å²) >= 11 is 0. The molecule has 6 nitrogen and oxygen atoms in total. The van der Waals surface area contributed by atoms with Gasteiger partial charge in [0, 0.05) is 33.3 Å². The Morgan fingerprint density at radius 2 is 2.14 bits per heavy atom. The average Bonchev–Trinajstić information content (AvgIpc) is 2.66. The van der Waals surface area contributed by atoms with E-state index >= 15 is 0 Å². The van der Waals surface area contributed by atoms with Gasteiger partial charge in [-0.15, -0.1) is 24.0 Å². The van der Waals surface area contributed by atoms with Crippen molar-refractivity contribution in [2.75, 3.05) is 66.6 Å². The standard InChI is InChI=1S/C21H36N4O2.HI/c1-6-22-21(23-9-10-24(4)11-13-26-5)25-12-14-27-20(16-25)19-8-7-17(2)15-18(19)3;/h7-8,15,20H,6,9-14,16H2,1-5H3,(H,22,23);1H. The van der Waals surface area contributed by atoms with Gasteiger partial charge in [0.05, 0.1) is 26.3 Å². The third kappa shape index (κ3) is 7.85. The zero-order valence-electron chi connectivity index (χ0n) is 18.0. The van der Waals surface area contributed by atoms with Crippen LogP contribution in [0.3, 0.4) is 0 Å². The Morgan fingerprint density at radius 1 is 1.36 bits per heavy atom. The molecular weight excluding hydrogens is 467 g/mol. The number of guanidine groups is 1. The molecule has 1 unspecified atom stereocenters. The molecule has 1 heterocycles. The molecule has 2 rings (SSSR count). The second kappa shape index (κ2) is 13.3. The van der Waals surface area contributed by atoms with Crippen molar-refractivity contribution in [3.8, 4) is 0 Å². The molecule has 0 amide bonds. The van der Waals surface area contributed by atoms with Crippen LogP contribution in [0.5, 0.6) is 0 Å². The van der Waals surface area contributed by atoms with E-state index in [0.717, 1.165) is 58.4 Å². The zero-order chi connectivity index (χ0) is 19.6. The number of ether oxygens (including phenoxy) is 2. The van der Waals surface area contributed by atoms with E-state index in [2.05, 4.69) is 61.1 Å². The highest BCUT2D eigenvalue weighted by Crippen LogP contribution is 2.25. The summed E-state index contributed by atoms with van der Waals surface area (Å²) in [5.41, 5.74) is 3.86. The van der Waals surface area contributed by atoms with Crippen molar-refractivity contribution in [2.45, 2.75) is 26.9 Å². The predicted molar refractivity (Wildman–Crippen MR) is 127 cm³/mol. The van der Waals surface area contributed by atoms with Crippen LogP contribution < -0.4 is 5.32 Å². The maximum atomic E-state index is 6.08. The van der Waals surface area contributed by atoms with E-state index in [0.29, 0.717) is 0 Å². The fourth-order valence-electron chi connectivity index (χ4n) is 3.33. The van der Waals surface area contributed by atoms with E-state index in [-0.39, 0.29) is 30.1 Å². The molecule has 160 valence electrons. The van der Waals surface area contributed by atoms with Crippen molar-refractivity contribution in [2.24, 2.45) is 4.99 Å². The number of halogens is 1. The van der Waals surface area contributed by atoms with Gasteiger partial charge in [0.25, 0.3) is 0 Å². The summed E-state index contributed by atoms with van der Waals surface area (Å²) in [5, 5.41) is 3.44. The highest BCUT2D eigenvalue weighted by molar-refractivity contribution is 14.0. The molecule has 1 atom stereocenters. The van der Waals surface area contributed by atoms with E-state index < -0.39 is 0 Å². The minimum absolute atomic E-state index is 0. The van der Waals surface area contributed by atoms with Crippen molar-refractivity contribution in [3.63, 3.8) is 0 Å². The second-order valence-electron chi connectivity index (χ2n) is 7.20. The summed E-state index contributed by atoms with van der Waals surface area (Å²) < 4.78 is 11.2. The molecule has 0 aromatic heterocycles. The minimum Gasteiger partial charge on any atom is -0.383 e. The van der Waals surface area contributed by atoms with Crippen molar-refractivity contribution >= 4 is 29.9 Å². The van der Waals surface area contributed by atoms with Crippen LogP contribution in [0.2, 0.25) is 0 Å². The lowest BCUT2D eigenvalue weighted by atomic mass is 10.00. The van der Waals surface area contributed by atoms with Gasteiger partial charge in [-0.25, -0.2) is 0 Å². The minimum atomic E-state index is 0. The summed E-state index contributed by atoms with van der Waals surface area (Å²) in [6, 6.07) is 6.60. The lowest BCUT2D eigenvalue weighted by Gasteiger charge is -2.36. The number of aliphatic imine (C=N–C) groups is 1. The SMILES string of the molecule is CCNC(=NCCN(C)CCOC)N1CCOC(c2ccc(C)cc2C)C1.I. The molecule has 0 radical (unpaired) electrons. The molecule has 1 aliphatic rings. The van der Waals surface area contributed by atoms with Crippen LogP contribution >= 0.6 is 24.0 Å². The van der Waals surface area contributed by atoms with Gasteiger partial charge in [0.15, 0.2) is 5.96 Å². The Labute approximate surface area is 187 Å². The topological polar surface area (TPSA) is 49.3 Å². The number of hydrogen-bond acceptors (Lipinski definition) is 4. The fourth-order valence-corrected chi connectivity index (χ4v) is 3.33. The maximum absolute atomic E-state index is 6.08. The van der Waals surface area contributed by atoms with Crippen LogP contribution in [-0.2, 0) is 9.47 Å². The van der Waals surface area contributed by atoms with E-state index in [1.807, 2.05) is 0 Å². The van der Waals surface area contributed by atoms with Crippen LogP contribution in [0, 0.1) is 13.8 Å². The summed E-state index contributed by atoms with van der Waals surface area (Å²) in [4.78, 5) is 9.41. The Kier molecular flexibility index (Phi) is 12.0. The lowest BCUT2D eigenvalue weighted by molar-refractivity contribution is -0.00834. The molecule has 0 bridgehead atoms. The monoisotopic (exact) mass is 504 g/mol. The van der Waals surface area contributed by atoms with Crippen LogP contribution in [0.1, 0.15) is 29.7 Å². The van der Waals surface area contributed by atoms with Gasteiger partial charge in [-0.05, 0) is 38.9 Å². The number of hydrogen-bond donors (Lipinski definition) is 1. The first-order valence-electron chi connectivity index (χ1n) is 9.94. The van der Waals surface area contributed by atoms with Gasteiger partial charge in [0.2, 0.25) is 0 Å². The molecule has 0 saturated carbocycles. The highest BCUT2D eigenvalue weighted by Gasteiger charge is 2.25. The molecule has 0 spiro atoms. The van der Waals surface area contributed by atoms with Crippen LogP contribution in [0.4, 0.5) is 0 Å². The lowest BCUT2D eigenvalue weighted by Crippen LogP contribution is -2.48. The van der Waals surface area contributed by atoms with Gasteiger partial charge in [-0.2, -0.15) is 0 Å². The van der Waals surface area contributed by atoms with Gasteiger partial charge in [0.1, 0.15) is 6.10 Å². The van der Waals surface area contributed by atoms with E-state index in [4.69, 9.17) is 14.5 Å². The summed E-state index contributed by atoms with van der Waals surface area (Å²) in [5.74, 6) is 0.982. The second-order valence-corrected chi connectivity index (χ2v) is 7.20. The summed E-state index contributed by atoms with van der Waals surface area (Å²) in [7, 11) is 3.84. The molecule has 1 fully saturated rings. The molecule has 1 N–H and O–H groups in total. The fraction of sp³-hybridized carbons (Fsp3) is 0.667. The quantitative estimate of drug-likeness (QED) is 0.335. The first-order chi connectivity index (χ1) is 13.0. The van der Waals surface area contributed by atoms with Crippen LogP contribution in [0.15, 0.2) is 23.2 Å². The Balaban J connectivity index is 0.00000392. The summed E-state index contributed by atoms with van der Waals surface area (Å²) in [6.07, 6.45) is 0.0904. The Morgan fingerprint density at radius 3 is 2.82 bits per heavy atom. The molecular formula is C21H37IN4O2. The number of aryl methyl sites for hydroxylation is 2. The zero-order valence-corrected chi connectivity index (χ0v) is 20.4. The Bertz CT molecular complexity index is 612. The van der Waals surface area contributed by atoms with Gasteiger partial charge in [-0.3, -0.25) is 4.99 Å². The third-order valence-corrected chi connectivity index (χ3v) is 4.89. The normalized spacial score (nSPS) is 17.6. The predicted octanol–water partition coefficient (Wildman–Crippen LogP) is 2.84. The van der Waals surface area contributed by atoms with Crippen LogP contribution in [0.25, 0.3) is 0 Å².